The second-order valence-corrected chi connectivity index (χ2v) is 2.76. The highest BCUT2D eigenvalue weighted by Crippen LogP contribution is 1.67. The minimum absolute atomic E-state index is 0.138. The Morgan fingerprint density at radius 1 is 1.57 bits per heavy atom. The molecule has 1 aromatic heterocycles. The van der Waals surface area contributed by atoms with Crippen molar-refractivity contribution in [1.29, 1.82) is 0 Å². The molecule has 0 radical (unpaired) electrons. The van der Waals surface area contributed by atoms with Crippen LogP contribution in [0, 0.1) is 12.3 Å². The largest absolute Gasteiger partial charge is 0.275 e. The first kappa shape index (κ1) is 10.3. The Morgan fingerprint density at radius 2 is 2.29 bits per heavy atom. The molecule has 0 aliphatic heterocycles. The number of aromatic nitrogens is 2. The van der Waals surface area contributed by atoms with E-state index >= 15 is 0 Å². The van der Waals surface area contributed by atoms with Crippen molar-refractivity contribution < 1.29 is 0 Å². The summed E-state index contributed by atoms with van der Waals surface area (Å²) in [6.45, 7) is 3.91. The minimum atomic E-state index is -0.138. The Kier molecular flexibility index (Phi) is 3.24. The molecule has 72 valence electrons. The maximum Gasteiger partial charge on any atom is 0.275 e. The fourth-order valence-corrected chi connectivity index (χ4v) is 1.24. The molecule has 3 heteroatoms. The zero-order valence-corrected chi connectivity index (χ0v) is 8.32. The van der Waals surface area contributed by atoms with E-state index in [0.29, 0.717) is 5.22 Å². The Labute approximate surface area is 82.4 Å². The summed E-state index contributed by atoms with van der Waals surface area (Å²) < 4.78 is 1.28. The molecule has 0 aliphatic rings. The lowest BCUT2D eigenvalue weighted by molar-refractivity contribution is 0.654. The van der Waals surface area contributed by atoms with E-state index in [9.17, 15) is 4.79 Å². The first-order chi connectivity index (χ1) is 6.74. The number of hydrogen-bond donors (Lipinski definition) is 0. The molecule has 0 amide bonds. The highest BCUT2D eigenvalue weighted by atomic mass is 16.1. The Hall–Kier alpha value is -1.82. The summed E-state index contributed by atoms with van der Waals surface area (Å²) in [5, 5.41) is 5.45. The molecule has 0 bridgehead atoms. The van der Waals surface area contributed by atoms with E-state index in [1.807, 2.05) is 19.9 Å². The molecule has 3 nitrogen and oxygen atoms in total. The van der Waals surface area contributed by atoms with Crippen LogP contribution in [0.1, 0.15) is 13.8 Å². The van der Waals surface area contributed by atoms with Crippen molar-refractivity contribution in [3.05, 3.63) is 27.0 Å². The van der Waals surface area contributed by atoms with Gasteiger partial charge in [0.2, 0.25) is 0 Å². The lowest BCUT2D eigenvalue weighted by atomic mass is 10.3. The molecule has 0 saturated heterocycles. The molecule has 0 aliphatic carbocycles. The highest BCUT2D eigenvalue weighted by Gasteiger charge is 1.96. The van der Waals surface area contributed by atoms with Crippen LogP contribution in [0.3, 0.4) is 0 Å². The van der Waals surface area contributed by atoms with Gasteiger partial charge in [-0.2, -0.15) is 5.10 Å². The number of terminal acetylenes is 1. The van der Waals surface area contributed by atoms with E-state index in [-0.39, 0.29) is 12.1 Å². The van der Waals surface area contributed by atoms with Crippen LogP contribution in [0.4, 0.5) is 0 Å². The summed E-state index contributed by atoms with van der Waals surface area (Å²) in [7, 11) is 0. The number of hydrogen-bond acceptors (Lipinski definition) is 2. The van der Waals surface area contributed by atoms with Crippen molar-refractivity contribution >= 4 is 12.2 Å². The summed E-state index contributed by atoms with van der Waals surface area (Å²) in [6, 6.07) is 0. The zero-order chi connectivity index (χ0) is 10.6. The van der Waals surface area contributed by atoms with Gasteiger partial charge in [0.25, 0.3) is 5.56 Å². The third-order valence-electron chi connectivity index (χ3n) is 1.95. The third-order valence-corrected chi connectivity index (χ3v) is 1.95. The minimum Gasteiger partial charge on any atom is -0.267 e. The van der Waals surface area contributed by atoms with Gasteiger partial charge in [-0.1, -0.05) is 18.1 Å². The van der Waals surface area contributed by atoms with Crippen LogP contribution >= 0.6 is 0 Å². The first-order valence-electron chi connectivity index (χ1n) is 4.37. The lowest BCUT2D eigenvalue weighted by Crippen LogP contribution is -2.45. The van der Waals surface area contributed by atoms with Gasteiger partial charge in [-0.15, -0.1) is 6.42 Å². The van der Waals surface area contributed by atoms with Gasteiger partial charge in [0, 0.05) is 10.4 Å². The predicted octanol–water partition coefficient (Wildman–Crippen LogP) is -0.523. The molecular weight excluding hydrogens is 176 g/mol. The van der Waals surface area contributed by atoms with E-state index in [4.69, 9.17) is 6.42 Å². The molecule has 14 heavy (non-hydrogen) atoms. The van der Waals surface area contributed by atoms with E-state index < -0.39 is 0 Å². The maximum absolute atomic E-state index is 11.7. The van der Waals surface area contributed by atoms with Crippen molar-refractivity contribution in [1.82, 2.24) is 9.78 Å². The van der Waals surface area contributed by atoms with Crippen LogP contribution in [0.5, 0.6) is 0 Å². The van der Waals surface area contributed by atoms with Gasteiger partial charge >= 0.3 is 0 Å². The summed E-state index contributed by atoms with van der Waals surface area (Å²) in [6.07, 6.45) is 10.4. The molecule has 0 N–H and O–H groups in total. The molecule has 0 saturated carbocycles. The van der Waals surface area contributed by atoms with Gasteiger partial charge in [0.1, 0.15) is 6.54 Å². The molecule has 0 atom stereocenters. The van der Waals surface area contributed by atoms with Crippen molar-refractivity contribution in [2.24, 2.45) is 0 Å². The van der Waals surface area contributed by atoms with Gasteiger partial charge in [-0.25, -0.2) is 4.68 Å². The summed E-state index contributed by atoms with van der Waals surface area (Å²) in [5.41, 5.74) is -0.138. The van der Waals surface area contributed by atoms with Crippen LogP contribution in [0.2, 0.25) is 0 Å². The predicted molar refractivity (Wildman–Crippen MR) is 56.9 cm³/mol. The standard InChI is InChI=1S/C11H12N2O/c1-4-7-13-11(14)10(6-3)9(5-2)8-12-13/h1,5-6,8H,7H2,2-3H3. The SMILES string of the molecule is C#CCn1ncc(=CC)c(=CC)c1=O. The van der Waals surface area contributed by atoms with Crippen LogP contribution in [-0.4, -0.2) is 9.78 Å². The fourth-order valence-electron chi connectivity index (χ4n) is 1.24. The number of nitrogens with zero attached hydrogens (tertiary/aromatic N) is 2. The van der Waals surface area contributed by atoms with Gasteiger partial charge in [0.15, 0.2) is 0 Å². The van der Waals surface area contributed by atoms with Gasteiger partial charge < -0.3 is 0 Å². The molecule has 1 rings (SSSR count). The number of rotatable bonds is 1. The molecule has 1 heterocycles. The Balaban J connectivity index is 3.64. The van der Waals surface area contributed by atoms with Gasteiger partial charge in [0.05, 0.1) is 6.20 Å². The van der Waals surface area contributed by atoms with Crippen LogP contribution in [0.25, 0.3) is 12.2 Å². The zero-order valence-electron chi connectivity index (χ0n) is 8.32. The smallest absolute Gasteiger partial charge is 0.267 e. The van der Waals surface area contributed by atoms with E-state index in [1.165, 1.54) is 4.68 Å². The second-order valence-electron chi connectivity index (χ2n) is 2.76. The van der Waals surface area contributed by atoms with E-state index in [2.05, 4.69) is 11.0 Å². The first-order valence-corrected chi connectivity index (χ1v) is 4.37. The third kappa shape index (κ3) is 1.74. The topological polar surface area (TPSA) is 34.9 Å². The lowest BCUT2D eigenvalue weighted by Gasteiger charge is -1.98. The quantitative estimate of drug-likeness (QED) is 0.556. The van der Waals surface area contributed by atoms with Crippen LogP contribution in [-0.2, 0) is 6.54 Å². The van der Waals surface area contributed by atoms with Gasteiger partial charge in [-0.05, 0) is 13.8 Å². The van der Waals surface area contributed by atoms with Crippen molar-refractivity contribution in [3.8, 4) is 12.3 Å². The van der Waals surface area contributed by atoms with Crippen LogP contribution < -0.4 is 16.0 Å². The summed E-state index contributed by atoms with van der Waals surface area (Å²) in [4.78, 5) is 11.7. The average Bonchev–Trinajstić information content (AvgIpc) is 2.21. The fraction of sp³-hybridized carbons (Fsp3) is 0.273. The molecule has 1 aromatic rings. The van der Waals surface area contributed by atoms with Crippen molar-refractivity contribution in [2.75, 3.05) is 0 Å². The highest BCUT2D eigenvalue weighted by molar-refractivity contribution is 5.25. The average molecular weight is 188 g/mol. The van der Waals surface area contributed by atoms with E-state index in [1.54, 1.807) is 12.3 Å². The van der Waals surface area contributed by atoms with E-state index in [0.717, 1.165) is 5.22 Å². The monoisotopic (exact) mass is 188 g/mol. The summed E-state index contributed by atoms with van der Waals surface area (Å²) in [5.74, 6) is 2.39. The Bertz CT molecular complexity index is 532. The van der Waals surface area contributed by atoms with Gasteiger partial charge in [-0.3, -0.25) is 4.79 Å². The molecule has 0 fully saturated rings. The molecule has 0 unspecified atom stereocenters. The van der Waals surface area contributed by atoms with Crippen molar-refractivity contribution in [3.63, 3.8) is 0 Å². The second kappa shape index (κ2) is 4.43. The molecule has 0 spiro atoms. The molecular formula is C11H12N2O. The van der Waals surface area contributed by atoms with Crippen molar-refractivity contribution in [2.45, 2.75) is 20.4 Å². The normalized spacial score (nSPS) is 12.9. The van der Waals surface area contributed by atoms with Crippen LogP contribution in [0.15, 0.2) is 11.0 Å². The summed E-state index contributed by atoms with van der Waals surface area (Å²) >= 11 is 0. The Morgan fingerprint density at radius 3 is 2.79 bits per heavy atom. The molecule has 0 aromatic carbocycles. The maximum atomic E-state index is 11.7.